The first-order valence-electron chi connectivity index (χ1n) is 5.07. The number of sulfonamides is 1. The molecule has 0 aliphatic rings. The molecule has 0 aliphatic carbocycles. The number of primary amides is 1. The third-order valence-electron chi connectivity index (χ3n) is 2.08. The van der Waals surface area contributed by atoms with Crippen LogP contribution in [0.25, 0.3) is 0 Å². The Morgan fingerprint density at radius 2 is 2.05 bits per heavy atom. The van der Waals surface area contributed by atoms with E-state index in [1.807, 2.05) is 0 Å². The third kappa shape index (κ3) is 3.66. The minimum atomic E-state index is -4.04. The van der Waals surface area contributed by atoms with Crippen LogP contribution >= 0.6 is 0 Å². The average molecular weight is 291 g/mol. The molecule has 19 heavy (non-hydrogen) atoms. The van der Waals surface area contributed by atoms with E-state index in [1.165, 1.54) is 6.92 Å². The zero-order valence-electron chi connectivity index (χ0n) is 9.93. The molecule has 1 aromatic heterocycles. The Bertz CT molecular complexity index is 593. The zero-order chi connectivity index (χ0) is 14.6. The number of aromatic carboxylic acids is 1. The molecule has 0 bridgehead atoms. The van der Waals surface area contributed by atoms with E-state index in [4.69, 9.17) is 10.8 Å². The lowest BCUT2D eigenvalue weighted by Gasteiger charge is -2.06. The molecule has 1 heterocycles. The lowest BCUT2D eigenvalue weighted by Crippen LogP contribution is -2.37. The van der Waals surface area contributed by atoms with Crippen molar-refractivity contribution in [3.63, 3.8) is 0 Å². The topological polar surface area (TPSA) is 167 Å². The Morgan fingerprint density at radius 1 is 1.42 bits per heavy atom. The van der Waals surface area contributed by atoms with E-state index >= 15 is 0 Å². The highest BCUT2D eigenvalue weighted by atomic mass is 32.2. The van der Waals surface area contributed by atoms with E-state index in [0.717, 1.165) is 0 Å². The first kappa shape index (κ1) is 14.9. The molecule has 1 rings (SSSR count). The van der Waals surface area contributed by atoms with Gasteiger partial charge in [-0.1, -0.05) is 0 Å². The average Bonchev–Trinajstić information content (AvgIpc) is 2.67. The molecule has 0 fully saturated rings. The lowest BCUT2D eigenvalue weighted by molar-refractivity contribution is 0.0686. The van der Waals surface area contributed by atoms with Crippen LogP contribution in [0.1, 0.15) is 16.2 Å². The van der Waals surface area contributed by atoms with Crippen molar-refractivity contribution in [3.8, 4) is 0 Å². The van der Waals surface area contributed by atoms with Gasteiger partial charge in [-0.05, 0) is 6.92 Å². The number of hydrogen-bond donors (Lipinski definition) is 5. The molecule has 0 aliphatic heterocycles. The van der Waals surface area contributed by atoms with Gasteiger partial charge in [-0.3, -0.25) is 5.10 Å². The largest absolute Gasteiger partial charge is 0.476 e. The van der Waals surface area contributed by atoms with Gasteiger partial charge in [-0.25, -0.2) is 22.7 Å². The monoisotopic (exact) mass is 291 g/mol. The number of aryl methyl sites for hydroxylation is 1. The number of H-pyrrole nitrogens is 1. The standard InChI is InChI=1S/C8H13N5O5S/c1-4-6(5(7(14)15)13-12-4)19(17,18)11-3-2-10-8(9)16/h11H,2-3H2,1H3,(H,12,13)(H,14,15)(H3,9,10,16). The summed E-state index contributed by atoms with van der Waals surface area (Å²) in [6, 6.07) is -0.787. The molecule has 6 N–H and O–H groups in total. The van der Waals surface area contributed by atoms with Gasteiger partial charge < -0.3 is 16.2 Å². The summed E-state index contributed by atoms with van der Waals surface area (Å²) in [5, 5.41) is 16.7. The maximum atomic E-state index is 11.9. The Morgan fingerprint density at radius 3 is 2.58 bits per heavy atom. The maximum absolute atomic E-state index is 11.9. The molecule has 2 amide bonds. The molecule has 0 aromatic carbocycles. The van der Waals surface area contributed by atoms with E-state index in [9.17, 15) is 18.0 Å². The molecule has 0 unspecified atom stereocenters. The number of hydrogen-bond acceptors (Lipinski definition) is 5. The van der Waals surface area contributed by atoms with Gasteiger partial charge in [-0.15, -0.1) is 0 Å². The number of carboxylic acid groups (broad SMARTS) is 1. The molecule has 106 valence electrons. The second-order valence-corrected chi connectivity index (χ2v) is 5.22. The lowest BCUT2D eigenvalue weighted by atomic mass is 10.4. The van der Waals surface area contributed by atoms with Crippen molar-refractivity contribution >= 4 is 22.0 Å². The quantitative estimate of drug-likeness (QED) is 0.394. The van der Waals surface area contributed by atoms with Crippen LogP contribution in [0.4, 0.5) is 4.79 Å². The maximum Gasteiger partial charge on any atom is 0.357 e. The van der Waals surface area contributed by atoms with E-state index < -0.39 is 32.6 Å². The molecular weight excluding hydrogens is 278 g/mol. The number of nitrogens with zero attached hydrogens (tertiary/aromatic N) is 1. The van der Waals surface area contributed by atoms with Crippen molar-refractivity contribution < 1.29 is 23.1 Å². The molecule has 0 spiro atoms. The normalized spacial score (nSPS) is 11.2. The highest BCUT2D eigenvalue weighted by Gasteiger charge is 2.27. The molecule has 0 saturated heterocycles. The van der Waals surface area contributed by atoms with Crippen LogP contribution in [0.15, 0.2) is 4.90 Å². The highest BCUT2D eigenvalue weighted by Crippen LogP contribution is 2.16. The summed E-state index contributed by atoms with van der Waals surface area (Å²) in [6.45, 7) is 1.23. The van der Waals surface area contributed by atoms with E-state index in [-0.39, 0.29) is 18.8 Å². The highest BCUT2D eigenvalue weighted by molar-refractivity contribution is 7.89. The minimum absolute atomic E-state index is 0.0200. The van der Waals surface area contributed by atoms with Gasteiger partial charge in [0.05, 0.1) is 5.69 Å². The predicted molar refractivity (Wildman–Crippen MR) is 63.1 cm³/mol. The van der Waals surface area contributed by atoms with Gasteiger partial charge in [0.1, 0.15) is 4.90 Å². The van der Waals surface area contributed by atoms with Crippen molar-refractivity contribution in [2.45, 2.75) is 11.8 Å². The van der Waals surface area contributed by atoms with Crippen molar-refractivity contribution in [2.24, 2.45) is 5.73 Å². The first-order chi connectivity index (χ1) is 8.75. The molecule has 1 aromatic rings. The van der Waals surface area contributed by atoms with Gasteiger partial charge in [0.2, 0.25) is 10.0 Å². The number of carboxylic acids is 1. The van der Waals surface area contributed by atoms with E-state index in [0.29, 0.717) is 0 Å². The Hall–Kier alpha value is -2.14. The van der Waals surface area contributed by atoms with Gasteiger partial charge in [0, 0.05) is 13.1 Å². The summed E-state index contributed by atoms with van der Waals surface area (Å²) in [6.07, 6.45) is 0. The van der Waals surface area contributed by atoms with Gasteiger partial charge in [0.25, 0.3) is 0 Å². The summed E-state index contributed by atoms with van der Waals surface area (Å²) in [4.78, 5) is 20.8. The van der Waals surface area contributed by atoms with E-state index in [1.54, 1.807) is 0 Å². The van der Waals surface area contributed by atoms with Crippen LogP contribution in [0.5, 0.6) is 0 Å². The number of urea groups is 1. The SMILES string of the molecule is Cc1[nH]nc(C(=O)O)c1S(=O)(=O)NCCNC(N)=O. The molecule has 0 atom stereocenters. The smallest absolute Gasteiger partial charge is 0.357 e. The second-order valence-electron chi connectivity index (χ2n) is 3.52. The van der Waals surface area contributed by atoms with Crippen molar-refractivity contribution in [3.05, 3.63) is 11.4 Å². The number of nitrogens with one attached hydrogen (secondary N) is 3. The third-order valence-corrected chi connectivity index (χ3v) is 3.70. The van der Waals surface area contributed by atoms with Crippen molar-refractivity contribution in [1.82, 2.24) is 20.2 Å². The van der Waals surface area contributed by atoms with Crippen LogP contribution in [0, 0.1) is 6.92 Å². The number of aromatic amines is 1. The predicted octanol–water partition coefficient (Wildman–Crippen LogP) is -1.64. The summed E-state index contributed by atoms with van der Waals surface area (Å²) in [7, 11) is -4.04. The number of amides is 2. The van der Waals surface area contributed by atoms with Crippen LogP contribution in [-0.4, -0.2) is 48.8 Å². The minimum Gasteiger partial charge on any atom is -0.476 e. The summed E-state index contributed by atoms with van der Waals surface area (Å²) in [5.74, 6) is -1.46. The van der Waals surface area contributed by atoms with Crippen LogP contribution in [-0.2, 0) is 10.0 Å². The number of aromatic nitrogens is 2. The first-order valence-corrected chi connectivity index (χ1v) is 6.55. The zero-order valence-corrected chi connectivity index (χ0v) is 10.7. The van der Waals surface area contributed by atoms with Crippen molar-refractivity contribution in [1.29, 1.82) is 0 Å². The number of carbonyl (C=O) groups is 2. The summed E-state index contributed by atoms with van der Waals surface area (Å²) in [5.41, 5.74) is 4.32. The molecule has 11 heteroatoms. The van der Waals surface area contributed by atoms with E-state index in [2.05, 4.69) is 20.2 Å². The second kappa shape index (κ2) is 5.67. The molecular formula is C8H13N5O5S. The fourth-order valence-electron chi connectivity index (χ4n) is 1.34. The summed E-state index contributed by atoms with van der Waals surface area (Å²) >= 11 is 0. The van der Waals surface area contributed by atoms with Crippen LogP contribution in [0.2, 0.25) is 0 Å². The molecule has 10 nitrogen and oxygen atoms in total. The van der Waals surface area contributed by atoms with Gasteiger partial charge in [-0.2, -0.15) is 5.10 Å². The number of rotatable bonds is 6. The number of carbonyl (C=O) groups excluding carboxylic acids is 1. The Kier molecular flexibility index (Phi) is 4.45. The van der Waals surface area contributed by atoms with Crippen LogP contribution in [0.3, 0.4) is 0 Å². The molecule has 0 radical (unpaired) electrons. The van der Waals surface area contributed by atoms with Gasteiger partial charge in [0.15, 0.2) is 5.69 Å². The fraction of sp³-hybridized carbons (Fsp3) is 0.375. The van der Waals surface area contributed by atoms with Gasteiger partial charge >= 0.3 is 12.0 Å². The Labute approximate surface area is 108 Å². The Balaban J connectivity index is 2.86. The van der Waals surface area contributed by atoms with Crippen LogP contribution < -0.4 is 15.8 Å². The summed E-state index contributed by atoms with van der Waals surface area (Å²) < 4.78 is 25.9. The molecule has 0 saturated carbocycles. The fourth-order valence-corrected chi connectivity index (χ4v) is 2.69. The number of nitrogens with two attached hydrogens (primary N) is 1. The van der Waals surface area contributed by atoms with Crippen molar-refractivity contribution in [2.75, 3.05) is 13.1 Å².